The van der Waals surface area contributed by atoms with Crippen molar-refractivity contribution in [2.75, 3.05) is 20.1 Å². The fraction of sp³-hybridized carbons (Fsp3) is 0.455. The van der Waals surface area contributed by atoms with E-state index in [9.17, 15) is 18.5 Å². The summed E-state index contributed by atoms with van der Waals surface area (Å²) in [5.41, 5.74) is 0.502. The number of nitro groups is 1. The zero-order valence-electron chi connectivity index (χ0n) is 10.4. The van der Waals surface area contributed by atoms with Gasteiger partial charge in [-0.15, -0.1) is 0 Å². The number of nitrogens with one attached hydrogen (secondary N) is 1. The van der Waals surface area contributed by atoms with Crippen LogP contribution in [0.25, 0.3) is 0 Å². The van der Waals surface area contributed by atoms with Gasteiger partial charge in [0, 0.05) is 38.3 Å². The van der Waals surface area contributed by atoms with Crippen LogP contribution in [0.1, 0.15) is 5.56 Å². The molecule has 0 aliphatic carbocycles. The Kier molecular flexibility index (Phi) is 3.83. The average molecular weight is 285 g/mol. The van der Waals surface area contributed by atoms with E-state index in [-0.39, 0.29) is 17.5 Å². The fourth-order valence-corrected chi connectivity index (χ4v) is 3.20. The summed E-state index contributed by atoms with van der Waals surface area (Å²) in [5, 5.41) is 13.5. The van der Waals surface area contributed by atoms with Crippen molar-refractivity contribution >= 4 is 15.7 Å². The Bertz CT molecular complexity index is 566. The summed E-state index contributed by atoms with van der Waals surface area (Å²) in [5.74, 6) is -0.141. The molecule has 8 heteroatoms. The summed E-state index contributed by atoms with van der Waals surface area (Å²) >= 11 is 0. The van der Waals surface area contributed by atoms with Gasteiger partial charge in [-0.25, -0.2) is 8.42 Å². The minimum Gasteiger partial charge on any atom is -0.313 e. The molecule has 0 bridgehead atoms. The highest BCUT2D eigenvalue weighted by molar-refractivity contribution is 7.88. The Balaban J connectivity index is 2.08. The molecule has 1 saturated heterocycles. The van der Waals surface area contributed by atoms with Crippen molar-refractivity contribution in [1.29, 1.82) is 0 Å². The molecule has 2 rings (SSSR count). The summed E-state index contributed by atoms with van der Waals surface area (Å²) in [6.07, 6.45) is 0. The molecule has 7 nitrogen and oxygen atoms in total. The number of rotatable bonds is 5. The second kappa shape index (κ2) is 5.24. The predicted molar refractivity (Wildman–Crippen MR) is 70.1 cm³/mol. The molecule has 0 amide bonds. The van der Waals surface area contributed by atoms with Crippen LogP contribution in [0.5, 0.6) is 0 Å². The van der Waals surface area contributed by atoms with Crippen LogP contribution in [0.3, 0.4) is 0 Å². The van der Waals surface area contributed by atoms with Crippen LogP contribution in [0, 0.1) is 10.1 Å². The van der Waals surface area contributed by atoms with Crippen LogP contribution in [0.15, 0.2) is 24.3 Å². The van der Waals surface area contributed by atoms with E-state index in [2.05, 4.69) is 5.32 Å². The number of hydrogen-bond acceptors (Lipinski definition) is 5. The first-order chi connectivity index (χ1) is 8.90. The summed E-state index contributed by atoms with van der Waals surface area (Å²) in [4.78, 5) is 10.0. The Morgan fingerprint density at radius 2 is 1.95 bits per heavy atom. The SMILES string of the molecule is CN(C1CNC1)S(=O)(=O)Cc1ccc([N+](=O)[O-])cc1. The van der Waals surface area contributed by atoms with E-state index in [1.165, 1.54) is 28.6 Å². The van der Waals surface area contributed by atoms with Gasteiger partial charge in [0.1, 0.15) is 0 Å². The van der Waals surface area contributed by atoms with Crippen LogP contribution >= 0.6 is 0 Å². The van der Waals surface area contributed by atoms with Crippen LogP contribution in [-0.2, 0) is 15.8 Å². The van der Waals surface area contributed by atoms with E-state index < -0.39 is 14.9 Å². The van der Waals surface area contributed by atoms with Crippen molar-refractivity contribution < 1.29 is 13.3 Å². The summed E-state index contributed by atoms with van der Waals surface area (Å²) in [6, 6.07) is 5.58. The maximum Gasteiger partial charge on any atom is 0.269 e. The van der Waals surface area contributed by atoms with Crippen molar-refractivity contribution in [2.24, 2.45) is 0 Å². The number of benzene rings is 1. The molecule has 1 aliphatic rings. The molecule has 1 aromatic rings. The van der Waals surface area contributed by atoms with Gasteiger partial charge in [0.15, 0.2) is 0 Å². The minimum atomic E-state index is -3.38. The van der Waals surface area contributed by atoms with Gasteiger partial charge in [-0.1, -0.05) is 12.1 Å². The number of non-ortho nitro benzene ring substituents is 1. The van der Waals surface area contributed by atoms with Gasteiger partial charge in [-0.3, -0.25) is 10.1 Å². The molecular weight excluding hydrogens is 270 g/mol. The Hall–Kier alpha value is -1.51. The summed E-state index contributed by atoms with van der Waals surface area (Å²) < 4.78 is 25.6. The summed E-state index contributed by atoms with van der Waals surface area (Å²) in [7, 11) is -1.82. The molecular formula is C11H15N3O4S. The van der Waals surface area contributed by atoms with Crippen LogP contribution < -0.4 is 5.32 Å². The standard InChI is InChI=1S/C11H15N3O4S/c1-13(11-6-12-7-11)19(17,18)8-9-2-4-10(5-3-9)14(15)16/h2-5,11-12H,6-8H2,1H3. The first-order valence-corrected chi connectivity index (χ1v) is 7.41. The van der Waals surface area contributed by atoms with E-state index in [0.717, 1.165) is 0 Å². The smallest absolute Gasteiger partial charge is 0.269 e. The van der Waals surface area contributed by atoms with E-state index in [1.807, 2.05) is 0 Å². The van der Waals surface area contributed by atoms with Gasteiger partial charge in [0.2, 0.25) is 10.0 Å². The van der Waals surface area contributed by atoms with Crippen molar-refractivity contribution in [3.8, 4) is 0 Å². The molecule has 1 aromatic carbocycles. The predicted octanol–water partition coefficient (Wildman–Crippen LogP) is 0.328. The highest BCUT2D eigenvalue weighted by atomic mass is 32.2. The molecule has 104 valence electrons. The summed E-state index contributed by atoms with van der Waals surface area (Å²) in [6.45, 7) is 1.33. The third-order valence-corrected chi connectivity index (χ3v) is 5.08. The highest BCUT2D eigenvalue weighted by Crippen LogP contribution is 2.17. The molecule has 1 fully saturated rings. The monoisotopic (exact) mass is 285 g/mol. The van der Waals surface area contributed by atoms with E-state index in [4.69, 9.17) is 0 Å². The molecule has 0 atom stereocenters. The van der Waals surface area contributed by atoms with Gasteiger partial charge in [0.05, 0.1) is 10.7 Å². The second-order valence-corrected chi connectivity index (χ2v) is 6.54. The second-order valence-electron chi connectivity index (χ2n) is 4.51. The third kappa shape index (κ3) is 3.09. The fourth-order valence-electron chi connectivity index (χ4n) is 1.78. The number of likely N-dealkylation sites (N-methyl/N-ethyl adjacent to an activating group) is 1. The van der Waals surface area contributed by atoms with E-state index in [1.54, 1.807) is 7.05 Å². The van der Waals surface area contributed by atoms with Crippen LogP contribution in [0.4, 0.5) is 5.69 Å². The molecule has 1 aliphatic heterocycles. The lowest BCUT2D eigenvalue weighted by Gasteiger charge is -2.34. The zero-order chi connectivity index (χ0) is 14.0. The maximum atomic E-state index is 12.1. The Morgan fingerprint density at radius 3 is 2.37 bits per heavy atom. The topological polar surface area (TPSA) is 92.6 Å². The van der Waals surface area contributed by atoms with Gasteiger partial charge in [-0.05, 0) is 5.56 Å². The van der Waals surface area contributed by atoms with Crippen molar-refractivity contribution in [1.82, 2.24) is 9.62 Å². The van der Waals surface area contributed by atoms with Crippen molar-refractivity contribution in [2.45, 2.75) is 11.8 Å². The lowest BCUT2D eigenvalue weighted by Crippen LogP contribution is -2.57. The normalized spacial score (nSPS) is 16.3. The molecule has 0 spiro atoms. The lowest BCUT2D eigenvalue weighted by atomic mass is 10.2. The zero-order valence-corrected chi connectivity index (χ0v) is 11.3. The minimum absolute atomic E-state index is 0.00282. The molecule has 0 saturated carbocycles. The van der Waals surface area contributed by atoms with Crippen LogP contribution in [-0.4, -0.2) is 43.8 Å². The van der Waals surface area contributed by atoms with Gasteiger partial charge >= 0.3 is 0 Å². The molecule has 1 heterocycles. The lowest BCUT2D eigenvalue weighted by molar-refractivity contribution is -0.384. The quantitative estimate of drug-likeness (QED) is 0.621. The Labute approximate surface area is 111 Å². The first-order valence-electron chi connectivity index (χ1n) is 5.80. The average Bonchev–Trinajstić information content (AvgIpc) is 2.26. The number of sulfonamides is 1. The number of nitro benzene ring substituents is 1. The van der Waals surface area contributed by atoms with Gasteiger partial charge in [0.25, 0.3) is 5.69 Å². The molecule has 1 N–H and O–H groups in total. The molecule has 0 aromatic heterocycles. The Morgan fingerprint density at radius 1 is 1.37 bits per heavy atom. The highest BCUT2D eigenvalue weighted by Gasteiger charge is 2.30. The number of nitrogens with zero attached hydrogens (tertiary/aromatic N) is 2. The molecule has 0 unspecified atom stereocenters. The van der Waals surface area contributed by atoms with Crippen molar-refractivity contribution in [3.05, 3.63) is 39.9 Å². The number of hydrogen-bond donors (Lipinski definition) is 1. The van der Waals surface area contributed by atoms with Crippen molar-refractivity contribution in [3.63, 3.8) is 0 Å². The first kappa shape index (κ1) is 13.9. The molecule has 0 radical (unpaired) electrons. The van der Waals surface area contributed by atoms with Crippen LogP contribution in [0.2, 0.25) is 0 Å². The largest absolute Gasteiger partial charge is 0.313 e. The van der Waals surface area contributed by atoms with E-state index >= 15 is 0 Å². The third-order valence-electron chi connectivity index (χ3n) is 3.21. The van der Waals surface area contributed by atoms with E-state index in [0.29, 0.717) is 18.7 Å². The van der Waals surface area contributed by atoms with Gasteiger partial charge in [-0.2, -0.15) is 4.31 Å². The maximum absolute atomic E-state index is 12.1. The molecule has 19 heavy (non-hydrogen) atoms. The van der Waals surface area contributed by atoms with Gasteiger partial charge < -0.3 is 5.32 Å².